The summed E-state index contributed by atoms with van der Waals surface area (Å²) in [6.07, 6.45) is -56.0. The van der Waals surface area contributed by atoms with Crippen molar-refractivity contribution in [3.8, 4) is 0 Å². The van der Waals surface area contributed by atoms with Crippen LogP contribution in [-0.2, 0) is 52.1 Å². The van der Waals surface area contributed by atoms with Crippen molar-refractivity contribution in [2.24, 2.45) is 0 Å². The van der Waals surface area contributed by atoms with E-state index < -0.39 is 224 Å². The van der Waals surface area contributed by atoms with E-state index in [4.69, 9.17) is 52.1 Å². The molecule has 0 aromatic carbocycles. The number of ether oxygens (including phenoxy) is 11. The van der Waals surface area contributed by atoms with Gasteiger partial charge in [-0.05, 0) is 0 Å². The summed E-state index contributed by atoms with van der Waals surface area (Å²) in [7, 11) is 0. The van der Waals surface area contributed by atoms with Crippen LogP contribution in [0.5, 0.6) is 0 Å². The topological polar surface area (TPSA) is 506 Å². The quantitative estimate of drug-likeness (QED) is 0.0683. The Morgan fingerprint density at radius 3 is 0.896 bits per heavy atom. The predicted molar refractivity (Wildman–Crippen MR) is 199 cm³/mol. The third-order valence-electron chi connectivity index (χ3n) is 12.4. The number of aliphatic hydroxyl groups excluding tert-OH is 20. The molecule has 1 unspecified atom stereocenters. The van der Waals surface area contributed by atoms with Gasteiger partial charge in [-0.2, -0.15) is 0 Å². The lowest BCUT2D eigenvalue weighted by Crippen LogP contribution is -2.67. The molecular weight excluding hydrogens is 928 g/mol. The second-order valence-electron chi connectivity index (χ2n) is 16.8. The van der Waals surface area contributed by atoms with Crippen molar-refractivity contribution in [2.45, 2.75) is 184 Å². The van der Waals surface area contributed by atoms with Crippen molar-refractivity contribution in [2.75, 3.05) is 39.6 Å². The molecule has 0 aromatic heterocycles. The van der Waals surface area contributed by atoms with E-state index in [-0.39, 0.29) is 0 Å². The predicted octanol–water partition coefficient (Wildman–Crippen LogP) is -14.1. The van der Waals surface area contributed by atoms with Crippen LogP contribution in [0.15, 0.2) is 0 Å². The fraction of sp³-hybridized carbons (Fsp3) is 1.00. The van der Waals surface area contributed by atoms with Gasteiger partial charge in [-0.15, -0.1) is 0 Å². The van der Waals surface area contributed by atoms with Gasteiger partial charge in [0.1, 0.15) is 146 Å². The Balaban J connectivity index is 1.05. The first-order valence-corrected chi connectivity index (χ1v) is 21.1. The molecule has 6 aliphatic rings. The monoisotopic (exact) mass is 990 g/mol. The number of hydrogen-bond acceptors (Lipinski definition) is 31. The van der Waals surface area contributed by atoms with Crippen molar-refractivity contribution in [1.29, 1.82) is 0 Å². The van der Waals surface area contributed by atoms with Crippen molar-refractivity contribution in [3.63, 3.8) is 0 Å². The number of aliphatic hydroxyl groups is 20. The SMILES string of the molecule is OC[C@H]1O[C@H](O[C@H]2[C@H](O)[C@@H](O)[C@@H](O[C@H]3[C@H](O)[C@@H](O)[C@@H](OC[C@H]4O[C@H](O[C@H]5[C@H](O)[C@@H](O)[C@@H](O[C@H]6[C@H](O)[C@@H](O)C(O)O[C@@H]6CO)O[C@@H]5CO)[C@H](O)[C@@H](O)[C@@H]4O)O[C@@H]3CO)O[C@@H]2CO)[C@H](O)[C@@H](O)[C@@H]1O. The average molecular weight is 991 g/mol. The minimum atomic E-state index is -2.10. The van der Waals surface area contributed by atoms with Crippen LogP contribution in [0.1, 0.15) is 0 Å². The fourth-order valence-electron chi connectivity index (χ4n) is 8.42. The van der Waals surface area contributed by atoms with E-state index in [0.29, 0.717) is 0 Å². The number of rotatable bonds is 16. The second kappa shape index (κ2) is 23.5. The van der Waals surface area contributed by atoms with E-state index >= 15 is 0 Å². The second-order valence-corrected chi connectivity index (χ2v) is 16.8. The van der Waals surface area contributed by atoms with Crippen LogP contribution in [0.3, 0.4) is 0 Å². The van der Waals surface area contributed by atoms with Crippen LogP contribution in [0, 0.1) is 0 Å². The molecule has 6 rings (SSSR count). The Kier molecular flexibility index (Phi) is 19.4. The molecule has 0 saturated carbocycles. The summed E-state index contributed by atoms with van der Waals surface area (Å²) in [5.74, 6) is 0. The highest BCUT2D eigenvalue weighted by Crippen LogP contribution is 2.35. The summed E-state index contributed by atoms with van der Waals surface area (Å²) in [4.78, 5) is 0. The lowest BCUT2D eigenvalue weighted by atomic mass is 9.96. The maximum atomic E-state index is 11.1. The van der Waals surface area contributed by atoms with E-state index in [9.17, 15) is 102 Å². The summed E-state index contributed by atoms with van der Waals surface area (Å²) >= 11 is 0. The Morgan fingerprint density at radius 2 is 0.522 bits per heavy atom. The summed E-state index contributed by atoms with van der Waals surface area (Å²) in [5.41, 5.74) is 0. The minimum Gasteiger partial charge on any atom is -0.394 e. The molecule has 6 fully saturated rings. The maximum absolute atomic E-state index is 11.1. The zero-order chi connectivity index (χ0) is 49.3. The number of hydrogen-bond donors (Lipinski definition) is 20. The molecule has 0 amide bonds. The Morgan fingerprint density at radius 1 is 0.254 bits per heavy atom. The highest BCUT2D eigenvalue weighted by Gasteiger charge is 2.56. The van der Waals surface area contributed by atoms with Gasteiger partial charge in [-0.1, -0.05) is 0 Å². The summed E-state index contributed by atoms with van der Waals surface area (Å²) in [6, 6.07) is 0. The van der Waals surface area contributed by atoms with Gasteiger partial charge in [0.2, 0.25) is 0 Å². The lowest BCUT2D eigenvalue weighted by Gasteiger charge is -2.48. The van der Waals surface area contributed by atoms with E-state index in [1.807, 2.05) is 0 Å². The van der Waals surface area contributed by atoms with E-state index in [2.05, 4.69) is 0 Å². The molecule has 6 saturated heterocycles. The first-order chi connectivity index (χ1) is 31.7. The Labute approximate surface area is 378 Å². The van der Waals surface area contributed by atoms with Crippen LogP contribution in [0.2, 0.25) is 0 Å². The molecule has 31 nitrogen and oxygen atoms in total. The zero-order valence-corrected chi connectivity index (χ0v) is 35.0. The van der Waals surface area contributed by atoms with Crippen molar-refractivity contribution in [1.82, 2.24) is 0 Å². The zero-order valence-electron chi connectivity index (χ0n) is 35.0. The van der Waals surface area contributed by atoms with Gasteiger partial charge >= 0.3 is 0 Å². The summed E-state index contributed by atoms with van der Waals surface area (Å²) < 4.78 is 60.3. The van der Waals surface area contributed by atoms with Crippen molar-refractivity contribution in [3.05, 3.63) is 0 Å². The van der Waals surface area contributed by atoms with Gasteiger partial charge in [-0.25, -0.2) is 0 Å². The van der Waals surface area contributed by atoms with Gasteiger partial charge in [0.25, 0.3) is 0 Å². The summed E-state index contributed by atoms with van der Waals surface area (Å²) in [6.45, 7) is -5.44. The van der Waals surface area contributed by atoms with Gasteiger partial charge in [-0.3, -0.25) is 0 Å². The fourth-order valence-corrected chi connectivity index (χ4v) is 8.42. The van der Waals surface area contributed by atoms with Crippen LogP contribution in [0.25, 0.3) is 0 Å². The molecule has 6 aliphatic heterocycles. The molecule has 30 atom stereocenters. The molecule has 0 radical (unpaired) electrons. The standard InChI is InChI=1S/C36H62O31/c37-1-7-13(42)15(44)22(51)33(59-7)65-29-10(4-40)62-36(26(55)19(29)48)67-28-9(3-39)60-32(24(53)18(28)47)57-6-12-14(43)16(45)23(52)34(63-12)66-30-11(5-41)61-35(25(54)20(30)49)64-27-8(2-38)58-31(56)21(50)17(27)46/h7-56H,1-6H2/t7-,8-,9-,10-,11-,12-,13-,14-,15+,16+,17-,18-,19-,20-,21-,22-,23-,24-,25-,26-,27-,28-,29-,30-,31?,32+,33-,34-,35-,36-/m1/s1. The van der Waals surface area contributed by atoms with Crippen LogP contribution in [0.4, 0.5) is 0 Å². The molecule has 0 aromatic rings. The first kappa shape index (κ1) is 55.1. The first-order valence-electron chi connectivity index (χ1n) is 21.1. The normalized spacial score (nSPS) is 53.4. The average Bonchev–Trinajstić information content (AvgIpc) is 3.32. The van der Waals surface area contributed by atoms with Gasteiger partial charge in [0, 0.05) is 0 Å². The van der Waals surface area contributed by atoms with Crippen molar-refractivity contribution < 1.29 is 154 Å². The Hall–Kier alpha value is -1.24. The van der Waals surface area contributed by atoms with E-state index in [1.54, 1.807) is 0 Å². The van der Waals surface area contributed by atoms with Gasteiger partial charge in [0.05, 0.1) is 39.6 Å². The van der Waals surface area contributed by atoms with Gasteiger partial charge in [0.15, 0.2) is 37.7 Å². The van der Waals surface area contributed by atoms with Crippen molar-refractivity contribution >= 4 is 0 Å². The Bertz CT molecular complexity index is 1500. The van der Waals surface area contributed by atoms with E-state index in [0.717, 1.165) is 0 Å². The smallest absolute Gasteiger partial charge is 0.187 e. The molecular formula is C36H62O31. The highest BCUT2D eigenvalue weighted by molar-refractivity contribution is 4.99. The largest absolute Gasteiger partial charge is 0.394 e. The van der Waals surface area contributed by atoms with Crippen LogP contribution < -0.4 is 0 Å². The third-order valence-corrected chi connectivity index (χ3v) is 12.4. The third kappa shape index (κ3) is 11.4. The molecule has 67 heavy (non-hydrogen) atoms. The van der Waals surface area contributed by atoms with E-state index in [1.165, 1.54) is 0 Å². The summed E-state index contributed by atoms with van der Waals surface area (Å²) in [5, 5.41) is 209. The van der Waals surface area contributed by atoms with Gasteiger partial charge < -0.3 is 154 Å². The molecule has 6 heterocycles. The molecule has 0 aliphatic carbocycles. The minimum absolute atomic E-state index is 0.825. The molecule has 392 valence electrons. The van der Waals surface area contributed by atoms with Crippen LogP contribution >= 0.6 is 0 Å². The molecule has 31 heteroatoms. The molecule has 0 bridgehead atoms. The molecule has 20 N–H and O–H groups in total. The molecule has 0 spiro atoms. The van der Waals surface area contributed by atoms with Crippen LogP contribution in [-0.4, -0.2) is 326 Å². The highest BCUT2D eigenvalue weighted by atomic mass is 16.8. The maximum Gasteiger partial charge on any atom is 0.187 e. The lowest BCUT2D eigenvalue weighted by molar-refractivity contribution is -0.385.